The van der Waals surface area contributed by atoms with E-state index in [-0.39, 0.29) is 0 Å². The van der Waals surface area contributed by atoms with Gasteiger partial charge in [0, 0.05) is 15.8 Å². The summed E-state index contributed by atoms with van der Waals surface area (Å²) in [5, 5.41) is 0. The van der Waals surface area contributed by atoms with Gasteiger partial charge in [-0.3, -0.25) is 0 Å². The predicted octanol–water partition coefficient (Wildman–Crippen LogP) is 2.98. The zero-order chi connectivity index (χ0) is 9.68. The fourth-order valence-electron chi connectivity index (χ4n) is 1.31. The molecule has 1 atom stereocenters. The van der Waals surface area contributed by atoms with Gasteiger partial charge >= 0.3 is 0 Å². The van der Waals surface area contributed by atoms with E-state index in [0.717, 1.165) is 12.8 Å². The van der Waals surface area contributed by atoms with Crippen LogP contribution in [0.4, 0.5) is 0 Å². The molecule has 0 saturated heterocycles. The van der Waals surface area contributed by atoms with E-state index < -0.39 is 0 Å². The van der Waals surface area contributed by atoms with E-state index in [1.54, 1.807) is 0 Å². The van der Waals surface area contributed by atoms with Crippen molar-refractivity contribution >= 4 is 11.3 Å². The monoisotopic (exact) mass is 197 g/mol. The van der Waals surface area contributed by atoms with Crippen molar-refractivity contribution in [1.29, 1.82) is 0 Å². The van der Waals surface area contributed by atoms with E-state index in [2.05, 4.69) is 26.0 Å². The Morgan fingerprint density at radius 3 is 2.46 bits per heavy atom. The van der Waals surface area contributed by atoms with Gasteiger partial charge < -0.3 is 5.73 Å². The van der Waals surface area contributed by atoms with Crippen LogP contribution >= 0.6 is 11.3 Å². The highest BCUT2D eigenvalue weighted by atomic mass is 32.1. The smallest absolute Gasteiger partial charge is 0.00487 e. The predicted molar refractivity (Wildman–Crippen MR) is 60.3 cm³/mol. The molecule has 2 N–H and O–H groups in total. The molecule has 1 nitrogen and oxygen atoms in total. The third-order valence-electron chi connectivity index (χ3n) is 2.06. The second-order valence-electron chi connectivity index (χ2n) is 3.63. The molecule has 2 heteroatoms. The van der Waals surface area contributed by atoms with Crippen LogP contribution in [0.25, 0.3) is 0 Å². The van der Waals surface area contributed by atoms with E-state index >= 15 is 0 Å². The second-order valence-corrected chi connectivity index (χ2v) is 4.89. The molecule has 1 aromatic heterocycles. The van der Waals surface area contributed by atoms with Crippen molar-refractivity contribution in [3.8, 4) is 0 Å². The SMILES string of the molecule is CCCc1ccc(CCC(C)N)s1. The molecular formula is C11H19NS. The van der Waals surface area contributed by atoms with E-state index in [4.69, 9.17) is 5.73 Å². The van der Waals surface area contributed by atoms with Gasteiger partial charge in [-0.1, -0.05) is 13.3 Å². The summed E-state index contributed by atoms with van der Waals surface area (Å²) in [6, 6.07) is 4.83. The van der Waals surface area contributed by atoms with Gasteiger partial charge in [0.1, 0.15) is 0 Å². The number of thiophene rings is 1. The molecule has 0 aliphatic rings. The van der Waals surface area contributed by atoms with E-state index in [1.807, 2.05) is 11.3 Å². The Morgan fingerprint density at radius 1 is 1.31 bits per heavy atom. The lowest BCUT2D eigenvalue weighted by molar-refractivity contribution is 0.670. The maximum Gasteiger partial charge on any atom is 0.00487 e. The van der Waals surface area contributed by atoms with Crippen molar-refractivity contribution in [2.75, 3.05) is 0 Å². The summed E-state index contributed by atoms with van der Waals surface area (Å²) >= 11 is 1.94. The average Bonchev–Trinajstić information content (AvgIpc) is 2.50. The molecule has 0 amide bonds. The van der Waals surface area contributed by atoms with Crippen molar-refractivity contribution < 1.29 is 0 Å². The maximum absolute atomic E-state index is 5.71. The van der Waals surface area contributed by atoms with Crippen LogP contribution in [0, 0.1) is 0 Å². The Bertz CT molecular complexity index is 240. The summed E-state index contributed by atoms with van der Waals surface area (Å²) in [6.45, 7) is 4.29. The average molecular weight is 197 g/mol. The summed E-state index contributed by atoms with van der Waals surface area (Å²) < 4.78 is 0. The summed E-state index contributed by atoms with van der Waals surface area (Å²) in [4.78, 5) is 3.00. The van der Waals surface area contributed by atoms with Gasteiger partial charge in [-0.25, -0.2) is 0 Å². The van der Waals surface area contributed by atoms with Gasteiger partial charge in [-0.15, -0.1) is 11.3 Å². The summed E-state index contributed by atoms with van der Waals surface area (Å²) in [5.41, 5.74) is 5.71. The maximum atomic E-state index is 5.71. The molecule has 0 fully saturated rings. The fraction of sp³-hybridized carbons (Fsp3) is 0.636. The first-order chi connectivity index (χ1) is 6.22. The van der Waals surface area contributed by atoms with Crippen LogP contribution in [-0.2, 0) is 12.8 Å². The number of nitrogens with two attached hydrogens (primary N) is 1. The Labute approximate surface area is 85.0 Å². The number of rotatable bonds is 5. The zero-order valence-electron chi connectivity index (χ0n) is 8.55. The molecule has 74 valence electrons. The lowest BCUT2D eigenvalue weighted by Crippen LogP contribution is -2.14. The molecule has 0 saturated carbocycles. The molecule has 0 spiro atoms. The van der Waals surface area contributed by atoms with Crippen LogP contribution in [0.1, 0.15) is 36.4 Å². The minimum absolute atomic E-state index is 0.330. The molecule has 1 unspecified atom stereocenters. The Balaban J connectivity index is 2.39. The van der Waals surface area contributed by atoms with Crippen LogP contribution in [0.2, 0.25) is 0 Å². The quantitative estimate of drug-likeness (QED) is 0.771. The van der Waals surface area contributed by atoms with Gasteiger partial charge in [-0.2, -0.15) is 0 Å². The number of hydrogen-bond donors (Lipinski definition) is 1. The van der Waals surface area contributed by atoms with Crippen LogP contribution in [-0.4, -0.2) is 6.04 Å². The first-order valence-electron chi connectivity index (χ1n) is 5.05. The lowest BCUT2D eigenvalue weighted by atomic mass is 10.2. The lowest BCUT2D eigenvalue weighted by Gasteiger charge is -2.01. The highest BCUT2D eigenvalue weighted by Crippen LogP contribution is 2.19. The second kappa shape index (κ2) is 5.40. The normalized spacial score (nSPS) is 13.2. The zero-order valence-corrected chi connectivity index (χ0v) is 9.36. The standard InChI is InChI=1S/C11H19NS/c1-3-4-10-7-8-11(13-10)6-5-9(2)12/h7-9H,3-6,12H2,1-2H3. The van der Waals surface area contributed by atoms with Gasteiger partial charge in [0.25, 0.3) is 0 Å². The number of aryl methyl sites for hydroxylation is 2. The molecule has 1 heterocycles. The van der Waals surface area contributed by atoms with E-state index in [1.165, 1.54) is 22.6 Å². The molecule has 1 aromatic rings. The van der Waals surface area contributed by atoms with Crippen molar-refractivity contribution in [1.82, 2.24) is 0 Å². The van der Waals surface area contributed by atoms with E-state index in [9.17, 15) is 0 Å². The third kappa shape index (κ3) is 3.92. The third-order valence-corrected chi connectivity index (χ3v) is 3.26. The Kier molecular flexibility index (Phi) is 4.46. The van der Waals surface area contributed by atoms with Crippen LogP contribution in [0.5, 0.6) is 0 Å². The Morgan fingerprint density at radius 2 is 1.92 bits per heavy atom. The highest BCUT2D eigenvalue weighted by Gasteiger charge is 2.00. The molecular weight excluding hydrogens is 178 g/mol. The molecule has 13 heavy (non-hydrogen) atoms. The molecule has 0 aromatic carbocycles. The minimum Gasteiger partial charge on any atom is -0.328 e. The molecule has 1 rings (SSSR count). The first-order valence-corrected chi connectivity index (χ1v) is 5.87. The molecule has 0 aliphatic carbocycles. The summed E-state index contributed by atoms with van der Waals surface area (Å²) in [6.07, 6.45) is 4.72. The van der Waals surface area contributed by atoms with Gasteiger partial charge in [0.15, 0.2) is 0 Å². The summed E-state index contributed by atoms with van der Waals surface area (Å²) in [5.74, 6) is 0. The van der Waals surface area contributed by atoms with Crippen molar-refractivity contribution in [2.24, 2.45) is 5.73 Å². The van der Waals surface area contributed by atoms with Gasteiger partial charge in [0.2, 0.25) is 0 Å². The molecule has 0 bridgehead atoms. The summed E-state index contributed by atoms with van der Waals surface area (Å²) in [7, 11) is 0. The van der Waals surface area contributed by atoms with Crippen molar-refractivity contribution in [3.63, 3.8) is 0 Å². The number of hydrogen-bond acceptors (Lipinski definition) is 2. The van der Waals surface area contributed by atoms with Crippen LogP contribution < -0.4 is 5.73 Å². The van der Waals surface area contributed by atoms with E-state index in [0.29, 0.717) is 6.04 Å². The van der Waals surface area contributed by atoms with Crippen molar-refractivity contribution in [3.05, 3.63) is 21.9 Å². The van der Waals surface area contributed by atoms with Gasteiger partial charge in [-0.05, 0) is 38.3 Å². The Hall–Kier alpha value is -0.340. The largest absolute Gasteiger partial charge is 0.328 e. The van der Waals surface area contributed by atoms with Crippen molar-refractivity contribution in [2.45, 2.75) is 45.6 Å². The molecule has 0 aliphatic heterocycles. The van der Waals surface area contributed by atoms with Crippen LogP contribution in [0.15, 0.2) is 12.1 Å². The van der Waals surface area contributed by atoms with Crippen LogP contribution in [0.3, 0.4) is 0 Å². The van der Waals surface area contributed by atoms with Gasteiger partial charge in [0.05, 0.1) is 0 Å². The topological polar surface area (TPSA) is 26.0 Å². The fourth-order valence-corrected chi connectivity index (χ4v) is 2.44. The highest BCUT2D eigenvalue weighted by molar-refractivity contribution is 7.11. The minimum atomic E-state index is 0.330. The first kappa shape index (κ1) is 10.7. The molecule has 0 radical (unpaired) electrons.